The Hall–Kier alpha value is -2.54. The first-order valence-corrected chi connectivity index (χ1v) is 11.9. The molecule has 3 aliphatic carbocycles. The van der Waals surface area contributed by atoms with Gasteiger partial charge in [0.05, 0.1) is 0 Å². The molecule has 2 N–H and O–H groups in total. The molecular formula is C30H39N. The number of hydrogen-bond acceptors (Lipinski definition) is 1. The maximum atomic E-state index is 6.12. The molecule has 0 aliphatic heterocycles. The Bertz CT molecular complexity index is 1000. The van der Waals surface area contributed by atoms with E-state index in [4.69, 9.17) is 5.73 Å². The highest BCUT2D eigenvalue weighted by atomic mass is 14.6. The smallest absolute Gasteiger partial charge is 0.0143 e. The van der Waals surface area contributed by atoms with Crippen molar-refractivity contribution in [3.63, 3.8) is 0 Å². The molecule has 0 heterocycles. The van der Waals surface area contributed by atoms with E-state index in [2.05, 4.69) is 75.9 Å². The van der Waals surface area contributed by atoms with Crippen LogP contribution in [-0.2, 0) is 5.41 Å². The lowest BCUT2D eigenvalue weighted by molar-refractivity contribution is 0.636. The number of nitrogens with two attached hydrogens (primary N) is 1. The zero-order valence-corrected chi connectivity index (χ0v) is 20.1. The van der Waals surface area contributed by atoms with Gasteiger partial charge in [-0.2, -0.15) is 0 Å². The summed E-state index contributed by atoms with van der Waals surface area (Å²) < 4.78 is 0. The van der Waals surface area contributed by atoms with Gasteiger partial charge in [0, 0.05) is 11.1 Å². The number of benzene rings is 1. The Morgan fingerprint density at radius 1 is 1.00 bits per heavy atom. The first kappa shape index (κ1) is 23.1. The molecule has 1 nitrogen and oxygen atoms in total. The summed E-state index contributed by atoms with van der Waals surface area (Å²) in [7, 11) is 0. The van der Waals surface area contributed by atoms with E-state index in [1.807, 2.05) is 13.8 Å². The van der Waals surface area contributed by atoms with E-state index in [-0.39, 0.29) is 5.41 Å². The molecule has 0 aromatic heterocycles. The summed E-state index contributed by atoms with van der Waals surface area (Å²) >= 11 is 0. The molecular weight excluding hydrogens is 374 g/mol. The zero-order chi connectivity index (χ0) is 22.6. The normalized spacial score (nSPS) is 18.6. The quantitative estimate of drug-likeness (QED) is 0.495. The third-order valence-corrected chi connectivity index (χ3v) is 6.95. The summed E-state index contributed by atoms with van der Waals surface area (Å²) in [5.41, 5.74) is 18.4. The van der Waals surface area contributed by atoms with Gasteiger partial charge in [0.2, 0.25) is 0 Å². The fourth-order valence-electron chi connectivity index (χ4n) is 4.96. The molecule has 0 saturated heterocycles. The van der Waals surface area contributed by atoms with E-state index < -0.39 is 0 Å². The summed E-state index contributed by atoms with van der Waals surface area (Å²) in [4.78, 5) is 0. The second-order valence-corrected chi connectivity index (χ2v) is 9.27. The van der Waals surface area contributed by atoms with Crippen molar-refractivity contribution in [3.8, 4) is 0 Å². The Labute approximate surface area is 189 Å². The van der Waals surface area contributed by atoms with E-state index in [0.717, 1.165) is 37.0 Å². The van der Waals surface area contributed by atoms with Gasteiger partial charge in [0.1, 0.15) is 0 Å². The molecule has 4 rings (SSSR count). The van der Waals surface area contributed by atoms with E-state index in [9.17, 15) is 0 Å². The summed E-state index contributed by atoms with van der Waals surface area (Å²) in [6.45, 7) is 15.2. The fraction of sp³-hybridized carbons (Fsp3) is 0.400. The van der Waals surface area contributed by atoms with Gasteiger partial charge in [0.15, 0.2) is 0 Å². The predicted molar refractivity (Wildman–Crippen MR) is 136 cm³/mol. The molecule has 0 saturated carbocycles. The number of allylic oxidation sites excluding steroid dienone is 11. The molecule has 0 fully saturated rings. The standard InChI is InChI=1S/C28H33N.C2H6/c1-19-8-5-6-11-27(19)28(3,4)20(2)12-13-21-9-7-10-23-16-22-14-15-25(29)17-24(22)18-26(21)23;1-2/h5-6,8,11-13,16-17H,2,7,9-10,14-15,18,29H2,1,3-4H3;1-2H3/b13-12+;. The number of rotatable bonds is 4. The van der Waals surface area contributed by atoms with Gasteiger partial charge in [-0.05, 0) is 96.1 Å². The maximum absolute atomic E-state index is 6.12. The molecule has 31 heavy (non-hydrogen) atoms. The first-order valence-electron chi connectivity index (χ1n) is 11.9. The van der Waals surface area contributed by atoms with Crippen molar-refractivity contribution >= 4 is 0 Å². The summed E-state index contributed by atoms with van der Waals surface area (Å²) in [5, 5.41) is 0. The van der Waals surface area contributed by atoms with Gasteiger partial charge in [-0.3, -0.25) is 0 Å². The van der Waals surface area contributed by atoms with Crippen LogP contribution in [0.2, 0.25) is 0 Å². The van der Waals surface area contributed by atoms with Crippen LogP contribution in [0.1, 0.15) is 77.3 Å². The third kappa shape index (κ3) is 4.87. The van der Waals surface area contributed by atoms with Gasteiger partial charge < -0.3 is 5.73 Å². The highest BCUT2D eigenvalue weighted by Crippen LogP contribution is 2.42. The minimum Gasteiger partial charge on any atom is -0.402 e. The molecule has 164 valence electrons. The highest BCUT2D eigenvalue weighted by molar-refractivity contribution is 5.56. The van der Waals surface area contributed by atoms with Crippen molar-refractivity contribution in [2.75, 3.05) is 0 Å². The minimum absolute atomic E-state index is 0.0801. The van der Waals surface area contributed by atoms with Crippen LogP contribution in [0.4, 0.5) is 0 Å². The second-order valence-electron chi connectivity index (χ2n) is 9.27. The molecule has 1 aromatic carbocycles. The highest BCUT2D eigenvalue weighted by Gasteiger charge is 2.26. The molecule has 0 radical (unpaired) electrons. The SMILES string of the molecule is C=C(/C=C/C1=C2CC3=C(C=C2CCC1)CCC(N)=C3)C(C)(C)c1ccccc1C.CC. The Kier molecular flexibility index (Phi) is 7.26. The van der Waals surface area contributed by atoms with E-state index >= 15 is 0 Å². The maximum Gasteiger partial charge on any atom is 0.0143 e. The molecule has 0 atom stereocenters. The average molecular weight is 414 g/mol. The molecule has 0 spiro atoms. The lowest BCUT2D eigenvalue weighted by Crippen LogP contribution is -2.20. The summed E-state index contributed by atoms with van der Waals surface area (Å²) in [6.07, 6.45) is 16.0. The number of fused-ring (bicyclic) bond motifs is 1. The van der Waals surface area contributed by atoms with Gasteiger partial charge in [-0.15, -0.1) is 0 Å². The van der Waals surface area contributed by atoms with Gasteiger partial charge >= 0.3 is 0 Å². The number of hydrogen-bond donors (Lipinski definition) is 1. The van der Waals surface area contributed by atoms with Crippen LogP contribution in [0.15, 0.2) is 94.3 Å². The monoisotopic (exact) mass is 413 g/mol. The summed E-state index contributed by atoms with van der Waals surface area (Å²) in [6, 6.07) is 8.65. The van der Waals surface area contributed by atoms with Crippen LogP contribution >= 0.6 is 0 Å². The van der Waals surface area contributed by atoms with E-state index in [1.54, 1.807) is 5.57 Å². The molecule has 0 amide bonds. The van der Waals surface area contributed by atoms with Crippen molar-refractivity contribution in [2.24, 2.45) is 5.73 Å². The Morgan fingerprint density at radius 3 is 2.48 bits per heavy atom. The van der Waals surface area contributed by atoms with E-state index in [0.29, 0.717) is 0 Å². The van der Waals surface area contributed by atoms with Crippen molar-refractivity contribution in [1.82, 2.24) is 0 Å². The topological polar surface area (TPSA) is 26.0 Å². The fourth-order valence-corrected chi connectivity index (χ4v) is 4.96. The van der Waals surface area contributed by atoms with Crippen LogP contribution in [0.5, 0.6) is 0 Å². The van der Waals surface area contributed by atoms with Crippen LogP contribution < -0.4 is 5.73 Å². The largest absolute Gasteiger partial charge is 0.402 e. The van der Waals surface area contributed by atoms with Crippen LogP contribution in [0, 0.1) is 6.92 Å². The van der Waals surface area contributed by atoms with Crippen LogP contribution in [0.25, 0.3) is 0 Å². The van der Waals surface area contributed by atoms with Gasteiger partial charge in [0.25, 0.3) is 0 Å². The van der Waals surface area contributed by atoms with Gasteiger partial charge in [-0.25, -0.2) is 0 Å². The third-order valence-electron chi connectivity index (χ3n) is 6.95. The lowest BCUT2D eigenvalue weighted by atomic mass is 9.74. The van der Waals surface area contributed by atoms with E-state index in [1.165, 1.54) is 46.3 Å². The molecule has 1 heteroatoms. The number of aryl methyl sites for hydroxylation is 1. The van der Waals surface area contributed by atoms with Crippen molar-refractivity contribution in [2.45, 2.75) is 78.6 Å². The first-order chi connectivity index (χ1) is 14.9. The predicted octanol–water partition coefficient (Wildman–Crippen LogP) is 8.15. The van der Waals surface area contributed by atoms with Crippen LogP contribution in [-0.4, -0.2) is 0 Å². The molecule has 0 bridgehead atoms. The minimum atomic E-state index is -0.0801. The van der Waals surface area contributed by atoms with Crippen molar-refractivity contribution in [3.05, 3.63) is 105 Å². The van der Waals surface area contributed by atoms with Crippen LogP contribution in [0.3, 0.4) is 0 Å². The van der Waals surface area contributed by atoms with Gasteiger partial charge in [-0.1, -0.05) is 76.8 Å². The average Bonchev–Trinajstić information content (AvgIpc) is 2.77. The summed E-state index contributed by atoms with van der Waals surface area (Å²) in [5.74, 6) is 0. The lowest BCUT2D eigenvalue weighted by Gasteiger charge is -2.30. The Balaban J connectivity index is 0.00000132. The van der Waals surface area contributed by atoms with Crippen molar-refractivity contribution in [1.29, 1.82) is 0 Å². The zero-order valence-electron chi connectivity index (χ0n) is 20.1. The molecule has 1 aromatic rings. The molecule has 3 aliphatic rings. The Morgan fingerprint density at radius 2 is 1.74 bits per heavy atom. The molecule has 0 unspecified atom stereocenters. The second kappa shape index (κ2) is 9.73. The van der Waals surface area contributed by atoms with Crippen molar-refractivity contribution < 1.29 is 0 Å².